The first-order chi connectivity index (χ1) is 10.7. The fourth-order valence-corrected chi connectivity index (χ4v) is 2.30. The van der Waals surface area contributed by atoms with Crippen molar-refractivity contribution in [2.45, 2.75) is 19.9 Å². The molecule has 0 heterocycles. The van der Waals surface area contributed by atoms with Crippen molar-refractivity contribution in [2.24, 2.45) is 0 Å². The summed E-state index contributed by atoms with van der Waals surface area (Å²) in [6, 6.07) is 12.4. The van der Waals surface area contributed by atoms with Gasteiger partial charge in [0, 0.05) is 12.2 Å². The van der Waals surface area contributed by atoms with E-state index < -0.39 is 0 Å². The summed E-state index contributed by atoms with van der Waals surface area (Å²) in [6.45, 7) is 2.83. The normalized spacial score (nSPS) is 9.74. The highest BCUT2D eigenvalue weighted by atomic mass is 35.5. The molecule has 0 aliphatic heterocycles. The van der Waals surface area contributed by atoms with Gasteiger partial charge in [0.1, 0.15) is 0 Å². The van der Waals surface area contributed by atoms with Crippen molar-refractivity contribution < 1.29 is 14.2 Å². The number of rotatable bonds is 7. The second kappa shape index (κ2) is 9.16. The van der Waals surface area contributed by atoms with Crippen LogP contribution in [0.1, 0.15) is 18.1 Å². The third-order valence-electron chi connectivity index (χ3n) is 3.58. The van der Waals surface area contributed by atoms with Crippen LogP contribution in [0.3, 0.4) is 0 Å². The van der Waals surface area contributed by atoms with E-state index in [1.807, 2.05) is 12.1 Å². The molecule has 2 rings (SSSR count). The van der Waals surface area contributed by atoms with E-state index in [2.05, 4.69) is 36.5 Å². The van der Waals surface area contributed by atoms with Crippen LogP contribution < -0.4 is 19.5 Å². The maximum atomic E-state index is 5.37. The van der Waals surface area contributed by atoms with Crippen LogP contribution in [0.15, 0.2) is 36.4 Å². The lowest BCUT2D eigenvalue weighted by Gasteiger charge is -2.15. The molecule has 0 aliphatic carbocycles. The van der Waals surface area contributed by atoms with E-state index in [1.165, 1.54) is 5.56 Å². The number of anilines is 1. The molecule has 0 spiro atoms. The standard InChI is InChI=1S/C18H23NO3.ClH/c1-5-13-6-8-15(9-7-13)19-12-14-10-16(20-2)18(22-4)17(11-14)21-3;/h6-11,19H,5,12H2,1-4H3;1H. The van der Waals surface area contributed by atoms with Crippen molar-refractivity contribution in [1.82, 2.24) is 0 Å². The highest BCUT2D eigenvalue weighted by molar-refractivity contribution is 5.85. The van der Waals surface area contributed by atoms with Gasteiger partial charge in [0.2, 0.25) is 5.75 Å². The number of methoxy groups -OCH3 is 3. The van der Waals surface area contributed by atoms with Gasteiger partial charge in [-0.3, -0.25) is 0 Å². The van der Waals surface area contributed by atoms with Crippen LogP contribution >= 0.6 is 12.4 Å². The number of hydrogen-bond donors (Lipinski definition) is 1. The Balaban J connectivity index is 0.00000264. The third kappa shape index (κ3) is 4.70. The molecule has 0 unspecified atom stereocenters. The minimum absolute atomic E-state index is 0. The molecule has 0 radical (unpaired) electrons. The van der Waals surface area contributed by atoms with Crippen molar-refractivity contribution in [2.75, 3.05) is 26.6 Å². The molecule has 1 N–H and O–H groups in total. The van der Waals surface area contributed by atoms with Gasteiger partial charge in [-0.15, -0.1) is 12.4 Å². The predicted octanol–water partition coefficient (Wildman–Crippen LogP) is 4.31. The Morgan fingerprint density at radius 2 is 1.39 bits per heavy atom. The largest absolute Gasteiger partial charge is 0.493 e. The van der Waals surface area contributed by atoms with Gasteiger partial charge in [-0.1, -0.05) is 19.1 Å². The van der Waals surface area contributed by atoms with Crippen LogP contribution in [0.2, 0.25) is 0 Å². The molecule has 0 bridgehead atoms. The Morgan fingerprint density at radius 3 is 1.83 bits per heavy atom. The van der Waals surface area contributed by atoms with Crippen molar-refractivity contribution >= 4 is 18.1 Å². The topological polar surface area (TPSA) is 39.7 Å². The van der Waals surface area contributed by atoms with Gasteiger partial charge >= 0.3 is 0 Å². The molecule has 0 fully saturated rings. The Hall–Kier alpha value is -2.07. The molecule has 0 atom stereocenters. The van der Waals surface area contributed by atoms with Crippen molar-refractivity contribution in [1.29, 1.82) is 0 Å². The Kier molecular flexibility index (Phi) is 7.55. The summed E-state index contributed by atoms with van der Waals surface area (Å²) < 4.78 is 16.1. The fraction of sp³-hybridized carbons (Fsp3) is 0.333. The van der Waals surface area contributed by atoms with Gasteiger partial charge in [0.25, 0.3) is 0 Å². The van der Waals surface area contributed by atoms with Gasteiger partial charge in [-0.05, 0) is 41.8 Å². The molecule has 126 valence electrons. The third-order valence-corrected chi connectivity index (χ3v) is 3.58. The number of aryl methyl sites for hydroxylation is 1. The fourth-order valence-electron chi connectivity index (χ4n) is 2.30. The summed E-state index contributed by atoms with van der Waals surface area (Å²) >= 11 is 0. The molecule has 5 heteroatoms. The quantitative estimate of drug-likeness (QED) is 0.817. The lowest BCUT2D eigenvalue weighted by molar-refractivity contribution is 0.324. The van der Waals surface area contributed by atoms with Crippen LogP contribution in [0.4, 0.5) is 5.69 Å². The number of nitrogens with one attached hydrogen (secondary N) is 1. The molecule has 4 nitrogen and oxygen atoms in total. The molecule has 2 aromatic carbocycles. The van der Waals surface area contributed by atoms with E-state index >= 15 is 0 Å². The number of ether oxygens (including phenoxy) is 3. The highest BCUT2D eigenvalue weighted by Crippen LogP contribution is 2.38. The van der Waals surface area contributed by atoms with Gasteiger partial charge in [-0.25, -0.2) is 0 Å². The van der Waals surface area contributed by atoms with Crippen molar-refractivity contribution in [3.05, 3.63) is 47.5 Å². The maximum absolute atomic E-state index is 5.37. The van der Waals surface area contributed by atoms with Crippen LogP contribution in [-0.2, 0) is 13.0 Å². The first-order valence-electron chi connectivity index (χ1n) is 7.33. The number of halogens is 1. The first-order valence-corrected chi connectivity index (χ1v) is 7.33. The molecule has 0 saturated carbocycles. The molecular weight excluding hydrogens is 314 g/mol. The van der Waals surface area contributed by atoms with E-state index in [0.29, 0.717) is 23.8 Å². The Morgan fingerprint density at radius 1 is 0.826 bits per heavy atom. The smallest absolute Gasteiger partial charge is 0.203 e. The monoisotopic (exact) mass is 337 g/mol. The summed E-state index contributed by atoms with van der Waals surface area (Å²) in [4.78, 5) is 0. The Labute approximate surface area is 144 Å². The highest BCUT2D eigenvalue weighted by Gasteiger charge is 2.12. The van der Waals surface area contributed by atoms with E-state index in [1.54, 1.807) is 21.3 Å². The summed E-state index contributed by atoms with van der Waals surface area (Å²) in [5, 5.41) is 3.40. The lowest BCUT2D eigenvalue weighted by Crippen LogP contribution is -2.02. The SMILES string of the molecule is CCc1ccc(NCc2cc(OC)c(OC)c(OC)c2)cc1.Cl. The van der Waals surface area contributed by atoms with Crippen molar-refractivity contribution in [3.8, 4) is 17.2 Å². The summed E-state index contributed by atoms with van der Waals surface area (Å²) in [5.74, 6) is 1.95. The zero-order valence-electron chi connectivity index (χ0n) is 14.0. The van der Waals surface area contributed by atoms with Crippen LogP contribution in [0.25, 0.3) is 0 Å². The van der Waals surface area contributed by atoms with Gasteiger partial charge in [-0.2, -0.15) is 0 Å². The molecule has 23 heavy (non-hydrogen) atoms. The number of hydrogen-bond acceptors (Lipinski definition) is 4. The lowest BCUT2D eigenvalue weighted by atomic mass is 10.1. The zero-order valence-corrected chi connectivity index (χ0v) is 14.8. The van der Waals surface area contributed by atoms with E-state index in [0.717, 1.165) is 17.7 Å². The molecule has 0 amide bonds. The average Bonchev–Trinajstić information content (AvgIpc) is 2.59. The van der Waals surface area contributed by atoms with E-state index in [4.69, 9.17) is 14.2 Å². The second-order valence-electron chi connectivity index (χ2n) is 4.94. The van der Waals surface area contributed by atoms with Gasteiger partial charge in [0.15, 0.2) is 11.5 Å². The molecule has 0 saturated heterocycles. The van der Waals surface area contributed by atoms with Gasteiger partial charge in [0.05, 0.1) is 21.3 Å². The van der Waals surface area contributed by atoms with Crippen LogP contribution in [0, 0.1) is 0 Å². The van der Waals surface area contributed by atoms with E-state index in [-0.39, 0.29) is 12.4 Å². The average molecular weight is 338 g/mol. The maximum Gasteiger partial charge on any atom is 0.203 e. The predicted molar refractivity (Wildman–Crippen MR) is 96.5 cm³/mol. The minimum atomic E-state index is 0. The molecular formula is C18H24ClNO3. The molecule has 2 aromatic rings. The second-order valence-corrected chi connectivity index (χ2v) is 4.94. The zero-order chi connectivity index (χ0) is 15.9. The summed E-state index contributed by atoms with van der Waals surface area (Å²) in [6.07, 6.45) is 1.05. The van der Waals surface area contributed by atoms with Crippen LogP contribution in [-0.4, -0.2) is 21.3 Å². The summed E-state index contributed by atoms with van der Waals surface area (Å²) in [5.41, 5.74) is 3.48. The molecule has 0 aliphatic rings. The van der Waals surface area contributed by atoms with E-state index in [9.17, 15) is 0 Å². The number of benzene rings is 2. The van der Waals surface area contributed by atoms with Crippen molar-refractivity contribution in [3.63, 3.8) is 0 Å². The minimum Gasteiger partial charge on any atom is -0.493 e. The first kappa shape index (κ1) is 19.0. The Bertz CT molecular complexity index is 589. The molecule has 0 aromatic heterocycles. The summed E-state index contributed by atoms with van der Waals surface area (Å²) in [7, 11) is 4.85. The van der Waals surface area contributed by atoms with Crippen LogP contribution in [0.5, 0.6) is 17.2 Å². The van der Waals surface area contributed by atoms with Gasteiger partial charge < -0.3 is 19.5 Å².